The van der Waals surface area contributed by atoms with Crippen molar-refractivity contribution in [2.45, 2.75) is 13.5 Å². The topological polar surface area (TPSA) is 61.4 Å². The van der Waals surface area contributed by atoms with E-state index in [1.165, 1.54) is 5.56 Å². The minimum atomic E-state index is 0.535. The van der Waals surface area contributed by atoms with Crippen molar-refractivity contribution < 1.29 is 0 Å². The van der Waals surface area contributed by atoms with Crippen LogP contribution in [0.5, 0.6) is 0 Å². The third-order valence-electron chi connectivity index (χ3n) is 3.92. The van der Waals surface area contributed by atoms with Crippen LogP contribution >= 0.6 is 31.9 Å². The molecule has 0 amide bonds. The van der Waals surface area contributed by atoms with Crippen molar-refractivity contribution in [1.29, 1.82) is 0 Å². The van der Waals surface area contributed by atoms with Crippen LogP contribution in [0.15, 0.2) is 63.8 Å². The molecule has 6 nitrogen and oxygen atoms in total. The molecule has 0 aliphatic carbocycles. The lowest BCUT2D eigenvalue weighted by Crippen LogP contribution is -2.03. The van der Waals surface area contributed by atoms with E-state index < -0.39 is 0 Å². The Balaban J connectivity index is 1.60. The highest BCUT2D eigenvalue weighted by molar-refractivity contribution is 9.10. The van der Waals surface area contributed by atoms with Crippen LogP contribution in [0.3, 0.4) is 0 Å². The third-order valence-corrected chi connectivity index (χ3v) is 5.21. The van der Waals surface area contributed by atoms with E-state index in [9.17, 15) is 0 Å². The molecule has 2 aromatic heterocycles. The van der Waals surface area contributed by atoms with E-state index in [0.29, 0.717) is 12.4 Å². The van der Waals surface area contributed by atoms with Crippen molar-refractivity contribution in [3.05, 3.63) is 74.9 Å². The van der Waals surface area contributed by atoms with Gasteiger partial charge in [0.2, 0.25) is 5.82 Å². The Hall–Kier alpha value is -2.32. The normalized spacial score (nSPS) is 11.0. The maximum Gasteiger partial charge on any atom is 0.209 e. The SMILES string of the molecule is Cc1ccc(-n2ncc(-c3nnn(Cc4ccc(Br)cc4)n3)c2Br)cc1. The largest absolute Gasteiger partial charge is 0.226 e. The number of hydrogen-bond donors (Lipinski definition) is 0. The van der Waals surface area contributed by atoms with Gasteiger partial charge >= 0.3 is 0 Å². The zero-order chi connectivity index (χ0) is 18.1. The smallest absolute Gasteiger partial charge is 0.209 e. The van der Waals surface area contributed by atoms with Gasteiger partial charge in [-0.25, -0.2) is 4.68 Å². The molecule has 0 saturated carbocycles. The monoisotopic (exact) mass is 472 g/mol. The highest BCUT2D eigenvalue weighted by Crippen LogP contribution is 2.27. The first-order valence-corrected chi connectivity index (χ1v) is 9.52. The average Bonchev–Trinajstić information content (AvgIpc) is 3.24. The predicted molar refractivity (Wildman–Crippen MR) is 106 cm³/mol. The molecule has 0 unspecified atom stereocenters. The highest BCUT2D eigenvalue weighted by Gasteiger charge is 2.16. The van der Waals surface area contributed by atoms with Crippen LogP contribution in [0.25, 0.3) is 17.1 Å². The zero-order valence-corrected chi connectivity index (χ0v) is 17.0. The summed E-state index contributed by atoms with van der Waals surface area (Å²) >= 11 is 7.04. The van der Waals surface area contributed by atoms with Gasteiger partial charge in [0.1, 0.15) is 4.60 Å². The Labute approximate surface area is 167 Å². The van der Waals surface area contributed by atoms with Gasteiger partial charge in [0.15, 0.2) is 0 Å². The van der Waals surface area contributed by atoms with Crippen LogP contribution in [-0.4, -0.2) is 30.0 Å². The molecule has 4 rings (SSSR count). The Bertz CT molecular complexity index is 1030. The Morgan fingerprint density at radius 1 is 0.962 bits per heavy atom. The quantitative estimate of drug-likeness (QED) is 0.440. The van der Waals surface area contributed by atoms with Gasteiger partial charge in [0.05, 0.1) is 24.0 Å². The molecule has 0 aliphatic heterocycles. The fraction of sp³-hybridized carbons (Fsp3) is 0.111. The van der Waals surface area contributed by atoms with Crippen LogP contribution in [0.4, 0.5) is 0 Å². The van der Waals surface area contributed by atoms with Gasteiger partial charge in [0.25, 0.3) is 0 Å². The van der Waals surface area contributed by atoms with Crippen molar-refractivity contribution in [2.75, 3.05) is 0 Å². The summed E-state index contributed by atoms with van der Waals surface area (Å²) < 4.78 is 3.65. The van der Waals surface area contributed by atoms with Crippen LogP contribution in [0.1, 0.15) is 11.1 Å². The number of tetrazole rings is 1. The molecule has 0 atom stereocenters. The van der Waals surface area contributed by atoms with E-state index in [4.69, 9.17) is 0 Å². The second-order valence-corrected chi connectivity index (χ2v) is 7.53. The number of hydrogen-bond acceptors (Lipinski definition) is 4. The van der Waals surface area contributed by atoms with E-state index in [1.807, 2.05) is 41.1 Å². The van der Waals surface area contributed by atoms with Gasteiger partial charge in [-0.2, -0.15) is 9.90 Å². The lowest BCUT2D eigenvalue weighted by molar-refractivity contribution is 0.573. The molecular formula is C18H14Br2N6. The number of aryl methyl sites for hydroxylation is 1. The van der Waals surface area contributed by atoms with Crippen LogP contribution in [-0.2, 0) is 6.54 Å². The van der Waals surface area contributed by atoms with Crippen LogP contribution in [0, 0.1) is 6.92 Å². The van der Waals surface area contributed by atoms with Gasteiger partial charge in [-0.15, -0.1) is 10.2 Å². The molecule has 0 aliphatic rings. The molecule has 130 valence electrons. The Morgan fingerprint density at radius 2 is 1.69 bits per heavy atom. The lowest BCUT2D eigenvalue weighted by Gasteiger charge is -2.03. The molecule has 2 aromatic carbocycles. The summed E-state index contributed by atoms with van der Waals surface area (Å²) in [6.07, 6.45) is 1.74. The number of rotatable bonds is 4. The van der Waals surface area contributed by atoms with E-state index >= 15 is 0 Å². The van der Waals surface area contributed by atoms with E-state index in [2.05, 4.69) is 71.4 Å². The minimum Gasteiger partial charge on any atom is -0.226 e. The maximum atomic E-state index is 4.48. The molecule has 26 heavy (non-hydrogen) atoms. The lowest BCUT2D eigenvalue weighted by atomic mass is 10.2. The molecule has 0 bridgehead atoms. The average molecular weight is 474 g/mol. The van der Waals surface area contributed by atoms with E-state index in [0.717, 1.165) is 25.9 Å². The van der Waals surface area contributed by atoms with Crippen molar-refractivity contribution >= 4 is 31.9 Å². The summed E-state index contributed by atoms with van der Waals surface area (Å²) in [6, 6.07) is 16.2. The summed E-state index contributed by atoms with van der Waals surface area (Å²) in [5, 5.41) is 17.2. The number of benzene rings is 2. The van der Waals surface area contributed by atoms with Crippen LogP contribution < -0.4 is 0 Å². The molecule has 2 heterocycles. The summed E-state index contributed by atoms with van der Waals surface area (Å²) in [5.74, 6) is 0.535. The van der Waals surface area contributed by atoms with Gasteiger partial charge in [-0.1, -0.05) is 45.8 Å². The molecule has 0 radical (unpaired) electrons. The van der Waals surface area contributed by atoms with Crippen molar-refractivity contribution in [1.82, 2.24) is 30.0 Å². The maximum absolute atomic E-state index is 4.48. The number of halogens is 2. The summed E-state index contributed by atoms with van der Waals surface area (Å²) in [6.45, 7) is 2.62. The first-order valence-electron chi connectivity index (χ1n) is 7.93. The summed E-state index contributed by atoms with van der Waals surface area (Å²) in [4.78, 5) is 1.58. The molecule has 0 spiro atoms. The third kappa shape index (κ3) is 3.47. The first kappa shape index (κ1) is 17.1. The van der Waals surface area contributed by atoms with Crippen LogP contribution in [0.2, 0.25) is 0 Å². The molecule has 0 saturated heterocycles. The predicted octanol–water partition coefficient (Wildman–Crippen LogP) is 4.41. The minimum absolute atomic E-state index is 0.535. The van der Waals surface area contributed by atoms with Crippen molar-refractivity contribution in [3.63, 3.8) is 0 Å². The zero-order valence-electron chi connectivity index (χ0n) is 13.8. The first-order chi connectivity index (χ1) is 12.6. The van der Waals surface area contributed by atoms with E-state index in [-0.39, 0.29) is 0 Å². The van der Waals surface area contributed by atoms with E-state index in [1.54, 1.807) is 11.0 Å². The Kier molecular flexibility index (Phi) is 4.69. The fourth-order valence-corrected chi connectivity index (χ4v) is 3.36. The van der Waals surface area contributed by atoms with Gasteiger partial charge in [0, 0.05) is 4.47 Å². The number of aromatic nitrogens is 6. The van der Waals surface area contributed by atoms with Gasteiger partial charge < -0.3 is 0 Å². The standard InChI is InChI=1S/C18H14Br2N6/c1-12-2-8-15(9-3-12)26-17(20)16(10-21-26)18-22-24-25(23-18)11-13-4-6-14(19)7-5-13/h2-10H,11H2,1H3. The van der Waals surface area contributed by atoms with Gasteiger partial charge in [-0.3, -0.25) is 0 Å². The second-order valence-electron chi connectivity index (χ2n) is 5.87. The fourth-order valence-electron chi connectivity index (χ4n) is 2.52. The van der Waals surface area contributed by atoms with Gasteiger partial charge in [-0.05, 0) is 57.9 Å². The summed E-state index contributed by atoms with van der Waals surface area (Å²) in [5.41, 5.74) is 4.07. The Morgan fingerprint density at radius 3 is 2.42 bits per heavy atom. The molecular weight excluding hydrogens is 460 g/mol. The molecule has 4 aromatic rings. The second kappa shape index (κ2) is 7.13. The van der Waals surface area contributed by atoms with Crippen molar-refractivity contribution in [3.8, 4) is 17.1 Å². The molecule has 8 heteroatoms. The molecule has 0 fully saturated rings. The molecule has 0 N–H and O–H groups in total. The highest BCUT2D eigenvalue weighted by atomic mass is 79.9. The summed E-state index contributed by atoms with van der Waals surface area (Å²) in [7, 11) is 0. The van der Waals surface area contributed by atoms with Crippen molar-refractivity contribution in [2.24, 2.45) is 0 Å². The number of nitrogens with zero attached hydrogens (tertiary/aromatic N) is 6.